The minimum absolute atomic E-state index is 0.00350. The number of aliphatic hydroxyl groups excluding tert-OH is 1. The van der Waals surface area contributed by atoms with E-state index in [-0.39, 0.29) is 23.2 Å². The second kappa shape index (κ2) is 5.31. The fourth-order valence-electron chi connectivity index (χ4n) is 6.31. The number of fused-ring (bicyclic) bond motifs is 2. The van der Waals surface area contributed by atoms with E-state index in [9.17, 15) is 9.90 Å². The average Bonchev–Trinajstić information content (AvgIpc) is 3.06. The molecule has 0 aromatic carbocycles. The summed E-state index contributed by atoms with van der Waals surface area (Å²) >= 11 is 0. The van der Waals surface area contributed by atoms with Crippen LogP contribution >= 0.6 is 0 Å². The van der Waals surface area contributed by atoms with E-state index in [1.54, 1.807) is 0 Å². The van der Waals surface area contributed by atoms with Crippen LogP contribution in [0.5, 0.6) is 0 Å². The minimum atomic E-state index is -0.822. The summed E-state index contributed by atoms with van der Waals surface area (Å²) in [5.41, 5.74) is 1.66. The first-order chi connectivity index (χ1) is 11.2. The highest BCUT2D eigenvalue weighted by atomic mass is 16.8. The summed E-state index contributed by atoms with van der Waals surface area (Å²) in [4.78, 5) is 11.7. The van der Waals surface area contributed by atoms with Crippen molar-refractivity contribution in [1.29, 1.82) is 0 Å². The topological polar surface area (TPSA) is 55.8 Å². The van der Waals surface area contributed by atoms with Crippen molar-refractivity contribution in [3.8, 4) is 0 Å². The van der Waals surface area contributed by atoms with Gasteiger partial charge in [0.1, 0.15) is 0 Å². The summed E-state index contributed by atoms with van der Waals surface area (Å²) in [6.07, 6.45) is 4.72. The highest BCUT2D eigenvalue weighted by Gasteiger charge is 2.61. The number of carbonyl (C=O) groups excluding carboxylic acids is 1. The lowest BCUT2D eigenvalue weighted by Gasteiger charge is -2.37. The summed E-state index contributed by atoms with van der Waals surface area (Å²) in [5.74, 6) is 0.904. The molecular weight excluding hydrogens is 304 g/mol. The van der Waals surface area contributed by atoms with Gasteiger partial charge in [-0.2, -0.15) is 0 Å². The number of carbonyl (C=O) groups is 1. The van der Waals surface area contributed by atoms with E-state index < -0.39 is 12.6 Å². The Kier molecular flexibility index (Phi) is 3.67. The molecule has 2 heterocycles. The predicted molar refractivity (Wildman–Crippen MR) is 89.7 cm³/mol. The number of hydrogen-bond acceptors (Lipinski definition) is 4. The molecule has 2 saturated carbocycles. The van der Waals surface area contributed by atoms with Crippen molar-refractivity contribution in [2.24, 2.45) is 34.5 Å². The zero-order chi connectivity index (χ0) is 17.3. The van der Waals surface area contributed by atoms with Gasteiger partial charge in [-0.1, -0.05) is 32.9 Å². The van der Waals surface area contributed by atoms with Crippen molar-refractivity contribution in [2.45, 2.75) is 71.9 Å². The molecule has 0 radical (unpaired) electrons. The van der Waals surface area contributed by atoms with Crippen LogP contribution in [0.15, 0.2) is 12.2 Å². The molecule has 0 aromatic heterocycles. The maximum Gasteiger partial charge on any atom is 0.308 e. The van der Waals surface area contributed by atoms with E-state index in [1.165, 1.54) is 18.4 Å². The molecule has 24 heavy (non-hydrogen) atoms. The number of esters is 1. The molecule has 2 aliphatic carbocycles. The fraction of sp³-hybridized carbons (Fsp3) is 0.850. The molecule has 0 unspecified atom stereocenters. The standard InChI is InChI=1S/C20H30O4/c1-11-6-5-7-19(2,3)14-10-20(4,9-13(11)14)16-12-8-15(21)23-18(12)24-17(16)22/h12-14,16-18,22H,1,5-10H2,2-4H3/t12-,13+,14+,16-,17-,18+,20-/m0/s1. The SMILES string of the molecule is C=C1CCCC(C)(C)[C@@H]2C[C@@](C)([C@H]3[C@@H]4CC(=O)O[C@@H]4O[C@@H]3O)C[C@H]12. The smallest absolute Gasteiger partial charge is 0.308 e. The molecule has 1 N–H and O–H groups in total. The molecule has 134 valence electrons. The van der Waals surface area contributed by atoms with E-state index in [2.05, 4.69) is 27.4 Å². The van der Waals surface area contributed by atoms with Crippen molar-refractivity contribution < 1.29 is 19.4 Å². The quantitative estimate of drug-likeness (QED) is 0.587. The van der Waals surface area contributed by atoms with Gasteiger partial charge >= 0.3 is 5.97 Å². The monoisotopic (exact) mass is 334 g/mol. The van der Waals surface area contributed by atoms with Crippen LogP contribution in [0.4, 0.5) is 0 Å². The third kappa shape index (κ3) is 2.37. The van der Waals surface area contributed by atoms with Crippen molar-refractivity contribution in [2.75, 3.05) is 0 Å². The van der Waals surface area contributed by atoms with Crippen molar-refractivity contribution in [1.82, 2.24) is 0 Å². The Balaban J connectivity index is 1.64. The molecule has 7 atom stereocenters. The van der Waals surface area contributed by atoms with Crippen molar-refractivity contribution in [3.63, 3.8) is 0 Å². The van der Waals surface area contributed by atoms with Crippen molar-refractivity contribution in [3.05, 3.63) is 12.2 Å². The third-order valence-electron chi connectivity index (χ3n) is 7.55. The number of ether oxygens (including phenoxy) is 2. The Morgan fingerprint density at radius 3 is 2.75 bits per heavy atom. The van der Waals surface area contributed by atoms with Gasteiger partial charge in [0.25, 0.3) is 0 Å². The summed E-state index contributed by atoms with van der Waals surface area (Å²) in [6, 6.07) is 0. The summed E-state index contributed by atoms with van der Waals surface area (Å²) < 4.78 is 10.8. The Labute approximate surface area is 144 Å². The minimum Gasteiger partial charge on any atom is -0.435 e. The van der Waals surface area contributed by atoms with Gasteiger partial charge in [-0.05, 0) is 54.8 Å². The fourth-order valence-corrected chi connectivity index (χ4v) is 6.31. The molecule has 0 amide bonds. The third-order valence-corrected chi connectivity index (χ3v) is 7.55. The first kappa shape index (κ1) is 16.6. The Morgan fingerprint density at radius 1 is 1.25 bits per heavy atom. The first-order valence-electron chi connectivity index (χ1n) is 9.42. The maximum absolute atomic E-state index is 11.7. The van der Waals surface area contributed by atoms with E-state index >= 15 is 0 Å². The normalized spacial score (nSPS) is 50.3. The van der Waals surface area contributed by atoms with Crippen LogP contribution in [0.25, 0.3) is 0 Å². The van der Waals surface area contributed by atoms with E-state index in [1.807, 2.05) is 0 Å². The molecule has 4 aliphatic rings. The number of aliphatic hydroxyl groups is 1. The van der Waals surface area contributed by atoms with Crippen LogP contribution in [0, 0.1) is 34.5 Å². The van der Waals surface area contributed by atoms with Gasteiger partial charge in [-0.3, -0.25) is 4.79 Å². The lowest BCUT2D eigenvalue weighted by Crippen LogP contribution is -2.36. The van der Waals surface area contributed by atoms with E-state index in [4.69, 9.17) is 9.47 Å². The van der Waals surface area contributed by atoms with Crippen LogP contribution in [-0.2, 0) is 14.3 Å². The van der Waals surface area contributed by atoms with Crippen LogP contribution in [-0.4, -0.2) is 23.7 Å². The highest BCUT2D eigenvalue weighted by Crippen LogP contribution is 2.63. The summed E-state index contributed by atoms with van der Waals surface area (Å²) in [5, 5.41) is 10.6. The van der Waals surface area contributed by atoms with Crippen LogP contribution < -0.4 is 0 Å². The molecule has 4 fully saturated rings. The largest absolute Gasteiger partial charge is 0.435 e. The zero-order valence-corrected chi connectivity index (χ0v) is 15.1. The molecule has 2 aliphatic heterocycles. The molecule has 0 aromatic rings. The number of rotatable bonds is 1. The Bertz CT molecular complexity index is 568. The second-order valence-corrected chi connectivity index (χ2v) is 9.55. The second-order valence-electron chi connectivity index (χ2n) is 9.55. The lowest BCUT2D eigenvalue weighted by molar-refractivity contribution is -0.195. The molecular formula is C20H30O4. The Morgan fingerprint density at radius 2 is 2.00 bits per heavy atom. The van der Waals surface area contributed by atoms with Gasteiger partial charge < -0.3 is 14.6 Å². The summed E-state index contributed by atoms with van der Waals surface area (Å²) in [7, 11) is 0. The molecule has 0 spiro atoms. The van der Waals surface area contributed by atoms with Gasteiger partial charge in [-0.25, -0.2) is 0 Å². The molecule has 2 saturated heterocycles. The first-order valence-corrected chi connectivity index (χ1v) is 9.42. The van der Waals surface area contributed by atoms with Gasteiger partial charge in [0, 0.05) is 11.8 Å². The number of hydrogen-bond donors (Lipinski definition) is 1. The van der Waals surface area contributed by atoms with Gasteiger partial charge in [0.2, 0.25) is 6.29 Å². The van der Waals surface area contributed by atoms with E-state index in [0.717, 1.165) is 19.3 Å². The van der Waals surface area contributed by atoms with Gasteiger partial charge in [-0.15, -0.1) is 0 Å². The maximum atomic E-state index is 11.7. The van der Waals surface area contributed by atoms with Gasteiger partial charge in [0.15, 0.2) is 6.29 Å². The van der Waals surface area contributed by atoms with Crippen LogP contribution in [0.1, 0.15) is 59.3 Å². The van der Waals surface area contributed by atoms with Crippen molar-refractivity contribution >= 4 is 5.97 Å². The Hall–Kier alpha value is -0.870. The van der Waals surface area contributed by atoms with E-state index in [0.29, 0.717) is 23.7 Å². The van der Waals surface area contributed by atoms with Gasteiger partial charge in [0.05, 0.1) is 6.42 Å². The molecule has 4 rings (SSSR count). The summed E-state index contributed by atoms with van der Waals surface area (Å²) in [6.45, 7) is 11.5. The average molecular weight is 334 g/mol. The molecule has 4 heteroatoms. The molecule has 0 bridgehead atoms. The highest BCUT2D eigenvalue weighted by molar-refractivity contribution is 5.72. The lowest BCUT2D eigenvalue weighted by atomic mass is 9.66. The predicted octanol–water partition coefficient (Wildman–Crippen LogP) is 3.64. The van der Waals surface area contributed by atoms with Crippen LogP contribution in [0.3, 0.4) is 0 Å². The van der Waals surface area contributed by atoms with Crippen LogP contribution in [0.2, 0.25) is 0 Å². The number of allylic oxidation sites excluding steroid dienone is 1. The zero-order valence-electron chi connectivity index (χ0n) is 15.1. The molecule has 4 nitrogen and oxygen atoms in total.